The van der Waals surface area contributed by atoms with Gasteiger partial charge in [-0.2, -0.15) is 13.2 Å². The normalized spacial score (nSPS) is 12.0. The van der Waals surface area contributed by atoms with Crippen molar-refractivity contribution in [3.63, 3.8) is 0 Å². The van der Waals surface area contributed by atoms with Gasteiger partial charge < -0.3 is 5.73 Å². The minimum atomic E-state index is -4.37. The highest BCUT2D eigenvalue weighted by Gasteiger charge is 2.35. The number of nitrogen functional groups attached to an aromatic ring is 1. The summed E-state index contributed by atoms with van der Waals surface area (Å²) in [5, 5.41) is -0.882. The second kappa shape index (κ2) is 2.37. The van der Waals surface area contributed by atoms with Crippen LogP contribution in [-0.4, -0.2) is 4.98 Å². The number of anilines is 1. The molecule has 1 aromatic heterocycles. The van der Waals surface area contributed by atoms with Crippen LogP contribution in [-0.2, 0) is 6.18 Å². The number of thiazole rings is 1. The average Bonchev–Trinajstić information content (AvgIpc) is 2.11. The van der Waals surface area contributed by atoms with Gasteiger partial charge >= 0.3 is 6.18 Å². The predicted molar refractivity (Wildman–Crippen MR) is 36.3 cm³/mol. The van der Waals surface area contributed by atoms with Gasteiger partial charge in [-0.15, -0.1) is 11.3 Å². The van der Waals surface area contributed by atoms with Gasteiger partial charge in [-0.25, -0.2) is 4.98 Å². The maximum Gasteiger partial charge on any atom is 0.443 e. The molecule has 0 saturated heterocycles. The molecule has 11 heavy (non-hydrogen) atoms. The lowest BCUT2D eigenvalue weighted by Gasteiger charge is -1.98. The zero-order chi connectivity index (χ0) is 8.65. The van der Waals surface area contributed by atoms with E-state index in [1.807, 2.05) is 0 Å². The molecule has 1 rings (SSSR count). The van der Waals surface area contributed by atoms with Crippen molar-refractivity contribution in [2.45, 2.75) is 13.1 Å². The molecule has 0 amide bonds. The summed E-state index contributed by atoms with van der Waals surface area (Å²) in [6, 6.07) is 0. The van der Waals surface area contributed by atoms with Crippen molar-refractivity contribution in [3.05, 3.63) is 9.88 Å². The Bertz CT molecular complexity index is 246. The van der Waals surface area contributed by atoms with E-state index in [1.165, 1.54) is 6.92 Å². The Morgan fingerprint density at radius 1 is 1.45 bits per heavy atom. The van der Waals surface area contributed by atoms with Crippen LogP contribution in [0, 0.1) is 6.92 Å². The summed E-state index contributed by atoms with van der Waals surface area (Å²) in [6.45, 7) is 1.50. The van der Waals surface area contributed by atoms with Gasteiger partial charge in [0.05, 0.1) is 0 Å². The van der Waals surface area contributed by atoms with Crippen molar-refractivity contribution in [3.8, 4) is 0 Å². The minimum Gasteiger partial charge on any atom is -0.383 e. The van der Waals surface area contributed by atoms with E-state index >= 15 is 0 Å². The molecular formula is C5H5F3N2S. The lowest BCUT2D eigenvalue weighted by Crippen LogP contribution is -2.03. The molecule has 0 fully saturated rings. The van der Waals surface area contributed by atoms with Gasteiger partial charge in [0.25, 0.3) is 0 Å². The van der Waals surface area contributed by atoms with Crippen LogP contribution in [0.15, 0.2) is 0 Å². The molecule has 0 aliphatic rings. The highest BCUT2D eigenvalue weighted by Crippen LogP contribution is 2.34. The maximum absolute atomic E-state index is 11.9. The Balaban J connectivity index is 3.08. The lowest BCUT2D eigenvalue weighted by atomic mass is 10.6. The monoisotopic (exact) mass is 182 g/mol. The SMILES string of the molecule is Cc1sc(C(F)(F)F)nc1N. The van der Waals surface area contributed by atoms with Gasteiger partial charge in [-0.3, -0.25) is 0 Å². The van der Waals surface area contributed by atoms with Crippen molar-refractivity contribution >= 4 is 17.2 Å². The van der Waals surface area contributed by atoms with Gasteiger partial charge in [0.15, 0.2) is 5.01 Å². The first-order chi connectivity index (χ1) is 4.91. The summed E-state index contributed by atoms with van der Waals surface area (Å²) in [7, 11) is 0. The molecule has 2 N–H and O–H groups in total. The van der Waals surface area contributed by atoms with Crippen LogP contribution in [0.5, 0.6) is 0 Å². The van der Waals surface area contributed by atoms with Crippen molar-refractivity contribution in [2.24, 2.45) is 0 Å². The van der Waals surface area contributed by atoms with Crippen molar-refractivity contribution in [2.75, 3.05) is 5.73 Å². The summed E-state index contributed by atoms with van der Waals surface area (Å²) in [5.74, 6) is -0.0395. The Labute approximate surface area is 64.9 Å². The van der Waals surface area contributed by atoms with Crippen LogP contribution in [0.4, 0.5) is 19.0 Å². The van der Waals surface area contributed by atoms with E-state index in [0.29, 0.717) is 16.2 Å². The number of nitrogens with two attached hydrogens (primary N) is 1. The Morgan fingerprint density at radius 3 is 2.18 bits per heavy atom. The third-order valence-corrected chi connectivity index (χ3v) is 2.11. The maximum atomic E-state index is 11.9. The van der Waals surface area contributed by atoms with Crippen LogP contribution in [0.1, 0.15) is 9.88 Å². The van der Waals surface area contributed by atoms with E-state index in [1.54, 1.807) is 0 Å². The van der Waals surface area contributed by atoms with E-state index in [0.717, 1.165) is 0 Å². The molecule has 2 nitrogen and oxygen atoms in total. The molecule has 0 saturated carbocycles. The zero-order valence-corrected chi connectivity index (χ0v) is 6.38. The number of hydrogen-bond acceptors (Lipinski definition) is 3. The molecular weight excluding hydrogens is 177 g/mol. The fourth-order valence-electron chi connectivity index (χ4n) is 0.529. The van der Waals surface area contributed by atoms with Gasteiger partial charge in [0.2, 0.25) is 0 Å². The topological polar surface area (TPSA) is 38.9 Å². The summed E-state index contributed by atoms with van der Waals surface area (Å²) >= 11 is 0.560. The van der Waals surface area contributed by atoms with Gasteiger partial charge in [0.1, 0.15) is 5.82 Å². The van der Waals surface area contributed by atoms with Crippen LogP contribution >= 0.6 is 11.3 Å². The number of aromatic nitrogens is 1. The predicted octanol–water partition coefficient (Wildman–Crippen LogP) is 2.05. The third kappa shape index (κ3) is 1.62. The zero-order valence-electron chi connectivity index (χ0n) is 5.57. The first-order valence-electron chi connectivity index (χ1n) is 2.71. The van der Waals surface area contributed by atoms with E-state index < -0.39 is 11.2 Å². The van der Waals surface area contributed by atoms with Gasteiger partial charge in [-0.05, 0) is 6.92 Å². The number of nitrogens with zero attached hydrogens (tertiary/aromatic N) is 1. The van der Waals surface area contributed by atoms with Crippen molar-refractivity contribution < 1.29 is 13.2 Å². The van der Waals surface area contributed by atoms with Crippen molar-refractivity contribution in [1.82, 2.24) is 4.98 Å². The average molecular weight is 182 g/mol. The van der Waals surface area contributed by atoms with Crippen LogP contribution in [0.2, 0.25) is 0 Å². The first-order valence-corrected chi connectivity index (χ1v) is 3.53. The molecule has 0 atom stereocenters. The number of rotatable bonds is 0. The Morgan fingerprint density at radius 2 is 2.00 bits per heavy atom. The minimum absolute atomic E-state index is 0.0395. The number of hydrogen-bond donors (Lipinski definition) is 1. The molecule has 1 aromatic rings. The number of aryl methyl sites for hydroxylation is 1. The quantitative estimate of drug-likeness (QED) is 0.666. The molecule has 0 aliphatic carbocycles. The molecule has 0 spiro atoms. The summed E-state index contributed by atoms with van der Waals surface area (Å²) in [4.78, 5) is 3.55. The summed E-state index contributed by atoms with van der Waals surface area (Å²) in [6.07, 6.45) is -4.37. The van der Waals surface area contributed by atoms with Crippen LogP contribution in [0.3, 0.4) is 0 Å². The summed E-state index contributed by atoms with van der Waals surface area (Å²) < 4.78 is 35.6. The van der Waals surface area contributed by atoms with Gasteiger partial charge in [-0.1, -0.05) is 0 Å². The standard InChI is InChI=1S/C5H5F3N2S/c1-2-3(9)10-4(11-2)5(6,7)8/h9H2,1H3. The van der Waals surface area contributed by atoms with Crippen molar-refractivity contribution in [1.29, 1.82) is 0 Å². The highest BCUT2D eigenvalue weighted by atomic mass is 32.1. The molecule has 62 valence electrons. The largest absolute Gasteiger partial charge is 0.443 e. The Hall–Kier alpha value is -0.780. The molecule has 0 unspecified atom stereocenters. The molecule has 1 heterocycles. The summed E-state index contributed by atoms with van der Waals surface area (Å²) in [5.41, 5.74) is 5.14. The van der Waals surface area contributed by atoms with Crippen LogP contribution in [0.25, 0.3) is 0 Å². The molecule has 0 aliphatic heterocycles. The van der Waals surface area contributed by atoms with E-state index in [4.69, 9.17) is 5.73 Å². The second-order valence-corrected chi connectivity index (χ2v) is 3.16. The molecule has 0 aromatic carbocycles. The van der Waals surface area contributed by atoms with Crippen LogP contribution < -0.4 is 5.73 Å². The second-order valence-electron chi connectivity index (χ2n) is 1.96. The van der Waals surface area contributed by atoms with Gasteiger partial charge in [0, 0.05) is 4.88 Å². The molecule has 6 heteroatoms. The van der Waals surface area contributed by atoms with E-state index in [9.17, 15) is 13.2 Å². The Kier molecular flexibility index (Phi) is 1.79. The van der Waals surface area contributed by atoms with E-state index in [2.05, 4.69) is 4.98 Å². The third-order valence-electron chi connectivity index (χ3n) is 1.07. The number of alkyl halides is 3. The number of halogens is 3. The first kappa shape index (κ1) is 8.32. The molecule has 0 radical (unpaired) electrons. The fourth-order valence-corrected chi connectivity index (χ4v) is 1.23. The molecule has 0 bridgehead atoms. The highest BCUT2D eigenvalue weighted by molar-refractivity contribution is 7.12. The lowest BCUT2D eigenvalue weighted by molar-refractivity contribution is -0.137. The van der Waals surface area contributed by atoms with E-state index in [-0.39, 0.29) is 5.82 Å². The fraction of sp³-hybridized carbons (Fsp3) is 0.400. The smallest absolute Gasteiger partial charge is 0.383 e.